The SMILES string of the molecule is CCOC(=O)OC(C)OC(=O)C1(COC)CS[C@@H]2C(NC(=O)C(=NOC)c3csc(N)n3)C(=O)N2C1. The Hall–Kier alpha value is -3.11. The summed E-state index contributed by atoms with van der Waals surface area (Å²) in [5.41, 5.74) is 4.54. The second-order valence-electron chi connectivity index (χ2n) is 7.80. The second kappa shape index (κ2) is 11.7. The molecule has 0 saturated carbocycles. The van der Waals surface area contributed by atoms with Crippen LogP contribution in [0.3, 0.4) is 0 Å². The number of fused-ring (bicyclic) bond motifs is 1. The number of methoxy groups -OCH3 is 1. The molecule has 14 nitrogen and oxygen atoms in total. The number of amides is 2. The number of nitrogens with zero attached hydrogens (tertiary/aromatic N) is 3. The largest absolute Gasteiger partial charge is 0.511 e. The van der Waals surface area contributed by atoms with E-state index >= 15 is 0 Å². The number of nitrogens with one attached hydrogen (secondary N) is 1. The maximum Gasteiger partial charge on any atom is 0.511 e. The predicted octanol–water partition coefficient (Wildman–Crippen LogP) is 0.171. The van der Waals surface area contributed by atoms with E-state index in [-0.39, 0.29) is 48.0 Å². The van der Waals surface area contributed by atoms with Crippen molar-refractivity contribution in [3.8, 4) is 0 Å². The highest BCUT2D eigenvalue weighted by Crippen LogP contribution is 2.43. The summed E-state index contributed by atoms with van der Waals surface area (Å²) in [6.45, 7) is 3.06. The van der Waals surface area contributed by atoms with E-state index in [1.54, 1.807) is 12.3 Å². The van der Waals surface area contributed by atoms with Gasteiger partial charge in [0, 0.05) is 31.7 Å². The van der Waals surface area contributed by atoms with Gasteiger partial charge in [-0.15, -0.1) is 23.1 Å². The van der Waals surface area contributed by atoms with E-state index in [1.807, 2.05) is 0 Å². The molecule has 0 aromatic carbocycles. The van der Waals surface area contributed by atoms with Gasteiger partial charge in [0.1, 0.15) is 29.6 Å². The van der Waals surface area contributed by atoms with Gasteiger partial charge in [-0.05, 0) is 6.92 Å². The van der Waals surface area contributed by atoms with Crippen molar-refractivity contribution in [2.75, 3.05) is 45.5 Å². The third-order valence-electron chi connectivity index (χ3n) is 5.24. The van der Waals surface area contributed by atoms with E-state index in [9.17, 15) is 19.2 Å². The highest BCUT2D eigenvalue weighted by atomic mass is 32.2. The van der Waals surface area contributed by atoms with Crippen molar-refractivity contribution in [1.82, 2.24) is 15.2 Å². The van der Waals surface area contributed by atoms with Gasteiger partial charge in [-0.2, -0.15) is 0 Å². The quantitative estimate of drug-likeness (QED) is 0.134. The average molecular weight is 546 g/mol. The normalized spacial score (nSPS) is 24.2. The summed E-state index contributed by atoms with van der Waals surface area (Å²) in [7, 11) is 2.70. The zero-order chi connectivity index (χ0) is 26.5. The summed E-state index contributed by atoms with van der Waals surface area (Å²) in [6, 6.07) is -0.844. The molecule has 2 saturated heterocycles. The number of carbonyl (C=O) groups excluding carboxylic acids is 4. The molecule has 3 rings (SSSR count). The second-order valence-corrected chi connectivity index (χ2v) is 9.79. The van der Waals surface area contributed by atoms with Gasteiger partial charge in [0.05, 0.1) is 13.2 Å². The number of nitrogens with two attached hydrogens (primary N) is 1. The Labute approximate surface area is 214 Å². The molecule has 0 spiro atoms. The zero-order valence-corrected chi connectivity index (χ0v) is 21.7. The van der Waals surface area contributed by atoms with Crippen LogP contribution >= 0.6 is 23.1 Å². The van der Waals surface area contributed by atoms with Gasteiger partial charge >= 0.3 is 12.1 Å². The molecule has 36 heavy (non-hydrogen) atoms. The van der Waals surface area contributed by atoms with Gasteiger partial charge < -0.3 is 39.7 Å². The highest BCUT2D eigenvalue weighted by Gasteiger charge is 2.58. The Morgan fingerprint density at radius 2 is 2.11 bits per heavy atom. The molecule has 2 fully saturated rings. The fourth-order valence-electron chi connectivity index (χ4n) is 3.66. The van der Waals surface area contributed by atoms with Crippen LogP contribution in [0.4, 0.5) is 9.93 Å². The lowest BCUT2D eigenvalue weighted by Crippen LogP contribution is -2.74. The van der Waals surface area contributed by atoms with Crippen LogP contribution in [0.5, 0.6) is 0 Å². The number of β-lactam (4-membered cyclic amide) rings is 1. The summed E-state index contributed by atoms with van der Waals surface area (Å²) < 4.78 is 20.1. The van der Waals surface area contributed by atoms with Crippen LogP contribution < -0.4 is 11.1 Å². The van der Waals surface area contributed by atoms with Crippen molar-refractivity contribution in [3.63, 3.8) is 0 Å². The van der Waals surface area contributed by atoms with Crippen LogP contribution in [0.2, 0.25) is 0 Å². The summed E-state index contributed by atoms with van der Waals surface area (Å²) in [6.07, 6.45) is -2.17. The van der Waals surface area contributed by atoms with E-state index in [1.165, 1.54) is 37.8 Å². The summed E-state index contributed by atoms with van der Waals surface area (Å²) in [4.78, 5) is 60.5. The highest BCUT2D eigenvalue weighted by molar-refractivity contribution is 8.00. The summed E-state index contributed by atoms with van der Waals surface area (Å²) >= 11 is 2.42. The Bertz CT molecular complexity index is 1030. The monoisotopic (exact) mass is 545 g/mol. The number of anilines is 1. The van der Waals surface area contributed by atoms with E-state index in [2.05, 4.69) is 20.2 Å². The zero-order valence-electron chi connectivity index (χ0n) is 20.0. The van der Waals surface area contributed by atoms with Crippen LogP contribution in [0.15, 0.2) is 10.5 Å². The molecule has 2 aliphatic rings. The van der Waals surface area contributed by atoms with Crippen molar-refractivity contribution in [3.05, 3.63) is 11.1 Å². The number of nitrogen functional groups attached to an aromatic ring is 1. The molecule has 0 aliphatic carbocycles. The molecule has 2 amide bonds. The molecule has 0 bridgehead atoms. The van der Waals surface area contributed by atoms with Crippen LogP contribution in [-0.2, 0) is 38.2 Å². The number of esters is 1. The minimum atomic E-state index is -1.20. The molecule has 1 aromatic rings. The summed E-state index contributed by atoms with van der Waals surface area (Å²) in [5, 5.41) is 7.75. The van der Waals surface area contributed by atoms with E-state index in [0.29, 0.717) is 0 Å². The number of aromatic nitrogens is 1. The standard InChI is InChI=1S/C20H27N5O9S2/c1-5-32-19(29)34-10(2)33-17(28)20(8-30-3)7-25-15(27)13(16(25)36-9-20)23-14(26)12(24-31-4)11-6-35-18(21)22-11/h6,10,13,16H,5,7-9H2,1-4H3,(H2,21,22)(H,23,26)/t10?,13?,16-,20?/m1/s1. The van der Waals surface area contributed by atoms with Gasteiger partial charge in [-0.3, -0.25) is 14.4 Å². The van der Waals surface area contributed by atoms with Crippen LogP contribution in [-0.4, -0.2) is 97.0 Å². The first-order chi connectivity index (χ1) is 17.2. The van der Waals surface area contributed by atoms with Crippen LogP contribution in [0, 0.1) is 5.41 Å². The van der Waals surface area contributed by atoms with Crippen molar-refractivity contribution in [2.45, 2.75) is 31.6 Å². The fourth-order valence-corrected chi connectivity index (χ4v) is 5.73. The molecule has 1 aromatic heterocycles. The molecule has 4 atom stereocenters. The van der Waals surface area contributed by atoms with Crippen molar-refractivity contribution in [2.24, 2.45) is 10.6 Å². The predicted molar refractivity (Wildman–Crippen MR) is 128 cm³/mol. The molecule has 2 aliphatic heterocycles. The maximum absolute atomic E-state index is 13.0. The van der Waals surface area contributed by atoms with Crippen molar-refractivity contribution < 1.29 is 43.0 Å². The number of ether oxygens (including phenoxy) is 4. The minimum absolute atomic E-state index is 0.00366. The Balaban J connectivity index is 1.65. The first kappa shape index (κ1) is 27.5. The molecular formula is C20H27N5O9S2. The molecule has 0 radical (unpaired) electrons. The van der Waals surface area contributed by atoms with E-state index in [0.717, 1.165) is 11.3 Å². The molecule has 3 N–H and O–H groups in total. The third kappa shape index (κ3) is 5.82. The van der Waals surface area contributed by atoms with Gasteiger partial charge in [-0.25, -0.2) is 9.78 Å². The molecular weight excluding hydrogens is 518 g/mol. The van der Waals surface area contributed by atoms with Crippen LogP contribution in [0.1, 0.15) is 19.5 Å². The molecule has 3 unspecified atom stereocenters. The minimum Gasteiger partial charge on any atom is -0.435 e. The van der Waals surface area contributed by atoms with Gasteiger partial charge in [-0.1, -0.05) is 5.16 Å². The number of rotatable bonds is 10. The van der Waals surface area contributed by atoms with E-state index in [4.69, 9.17) is 24.8 Å². The lowest BCUT2D eigenvalue weighted by Gasteiger charge is -2.53. The fraction of sp³-hybridized carbons (Fsp3) is 0.600. The molecule has 3 heterocycles. The van der Waals surface area contributed by atoms with Crippen molar-refractivity contribution >= 4 is 57.9 Å². The first-order valence-electron chi connectivity index (χ1n) is 10.7. The Morgan fingerprint density at radius 1 is 1.36 bits per heavy atom. The third-order valence-corrected chi connectivity index (χ3v) is 7.51. The van der Waals surface area contributed by atoms with Gasteiger partial charge in [0.15, 0.2) is 10.8 Å². The number of hydrogen-bond acceptors (Lipinski definition) is 14. The maximum atomic E-state index is 13.0. The van der Waals surface area contributed by atoms with Gasteiger partial charge in [0.25, 0.3) is 5.91 Å². The summed E-state index contributed by atoms with van der Waals surface area (Å²) in [5.74, 6) is -1.50. The number of oxime groups is 1. The van der Waals surface area contributed by atoms with Crippen LogP contribution in [0.25, 0.3) is 0 Å². The lowest BCUT2D eigenvalue weighted by atomic mass is 9.88. The average Bonchev–Trinajstić information content (AvgIpc) is 3.26. The Morgan fingerprint density at radius 3 is 2.72 bits per heavy atom. The lowest BCUT2D eigenvalue weighted by molar-refractivity contribution is -0.185. The smallest absolute Gasteiger partial charge is 0.435 e. The number of carbonyl (C=O) groups is 4. The topological polar surface area (TPSA) is 181 Å². The molecule has 198 valence electrons. The number of thiazole rings is 1. The van der Waals surface area contributed by atoms with Crippen molar-refractivity contribution in [1.29, 1.82) is 0 Å². The first-order valence-corrected chi connectivity index (χ1v) is 12.7. The Kier molecular flexibility index (Phi) is 8.97. The van der Waals surface area contributed by atoms with E-state index < -0.39 is 41.2 Å². The number of thioether (sulfide) groups is 1. The van der Waals surface area contributed by atoms with Gasteiger partial charge in [0.2, 0.25) is 12.2 Å². The number of hydrogen-bond donors (Lipinski definition) is 2. The molecule has 16 heteroatoms.